The van der Waals surface area contributed by atoms with E-state index >= 15 is 0 Å². The normalized spacial score (nSPS) is 16.3. The van der Waals surface area contributed by atoms with E-state index in [1.807, 2.05) is 55.4 Å². The molecule has 0 radical (unpaired) electrons. The third kappa shape index (κ3) is 10.2. The molecular formula is C22H43N5O3. The molecule has 1 rings (SSSR count). The fraction of sp³-hybridized carbons (Fsp3) is 0.864. The highest BCUT2D eigenvalue weighted by Gasteiger charge is 2.27. The number of hydrogen-bond acceptors (Lipinski definition) is 4. The molecule has 0 aromatic rings. The van der Waals surface area contributed by atoms with Crippen LogP contribution in [0.3, 0.4) is 0 Å². The molecule has 1 saturated heterocycles. The van der Waals surface area contributed by atoms with Crippen molar-refractivity contribution in [3.8, 4) is 0 Å². The van der Waals surface area contributed by atoms with Crippen LogP contribution in [0, 0.1) is 5.92 Å². The van der Waals surface area contributed by atoms with Crippen molar-refractivity contribution in [2.75, 3.05) is 39.3 Å². The molecule has 1 aliphatic heterocycles. The Balaban J connectivity index is 2.61. The number of aliphatic imine (C=N–C) groups is 1. The van der Waals surface area contributed by atoms with Crippen LogP contribution in [-0.2, 0) is 9.53 Å². The third-order valence-electron chi connectivity index (χ3n) is 4.65. The van der Waals surface area contributed by atoms with Crippen LogP contribution in [0.15, 0.2) is 4.99 Å². The van der Waals surface area contributed by atoms with Gasteiger partial charge in [-0.2, -0.15) is 0 Å². The van der Waals surface area contributed by atoms with Gasteiger partial charge in [0.25, 0.3) is 0 Å². The summed E-state index contributed by atoms with van der Waals surface area (Å²) in [6, 6.07) is 0. The summed E-state index contributed by atoms with van der Waals surface area (Å²) in [5.74, 6) is 1.13. The van der Waals surface area contributed by atoms with Crippen molar-refractivity contribution in [1.82, 2.24) is 20.4 Å². The lowest BCUT2D eigenvalue weighted by Gasteiger charge is -2.36. The Bertz CT molecular complexity index is 585. The first-order valence-corrected chi connectivity index (χ1v) is 11.2. The molecule has 2 amide bonds. The highest BCUT2D eigenvalue weighted by Crippen LogP contribution is 2.20. The van der Waals surface area contributed by atoms with Gasteiger partial charge in [0.1, 0.15) is 12.1 Å². The fourth-order valence-electron chi connectivity index (χ4n) is 3.33. The molecule has 1 heterocycles. The average Bonchev–Trinajstić information content (AvgIpc) is 2.60. The third-order valence-corrected chi connectivity index (χ3v) is 4.65. The second-order valence-electron chi connectivity index (χ2n) is 9.92. The first-order valence-electron chi connectivity index (χ1n) is 11.2. The van der Waals surface area contributed by atoms with Gasteiger partial charge in [-0.05, 0) is 74.1 Å². The van der Waals surface area contributed by atoms with Crippen LogP contribution >= 0.6 is 0 Å². The number of rotatable bonds is 6. The summed E-state index contributed by atoms with van der Waals surface area (Å²) in [5.41, 5.74) is -0.743. The second kappa shape index (κ2) is 11.4. The van der Waals surface area contributed by atoms with E-state index in [0.29, 0.717) is 19.0 Å². The molecule has 0 bridgehead atoms. The van der Waals surface area contributed by atoms with E-state index in [-0.39, 0.29) is 24.1 Å². The summed E-state index contributed by atoms with van der Waals surface area (Å²) < 4.78 is 5.52. The van der Waals surface area contributed by atoms with Gasteiger partial charge in [0, 0.05) is 38.3 Å². The second-order valence-corrected chi connectivity index (χ2v) is 9.92. The number of piperidine rings is 1. The number of guanidine groups is 1. The van der Waals surface area contributed by atoms with Crippen molar-refractivity contribution in [2.45, 2.75) is 79.4 Å². The number of nitrogens with zero attached hydrogens (tertiary/aromatic N) is 3. The Labute approximate surface area is 182 Å². The molecule has 2 N–H and O–H groups in total. The zero-order valence-electron chi connectivity index (χ0n) is 20.3. The van der Waals surface area contributed by atoms with E-state index in [9.17, 15) is 9.59 Å². The molecule has 0 aromatic carbocycles. The Morgan fingerprint density at radius 3 is 2.17 bits per heavy atom. The maximum Gasteiger partial charge on any atom is 0.410 e. The van der Waals surface area contributed by atoms with E-state index in [4.69, 9.17) is 4.74 Å². The minimum absolute atomic E-state index is 0.0799. The van der Waals surface area contributed by atoms with Crippen molar-refractivity contribution in [2.24, 2.45) is 10.9 Å². The number of hydrogen-bond donors (Lipinski definition) is 2. The smallest absolute Gasteiger partial charge is 0.410 e. The summed E-state index contributed by atoms with van der Waals surface area (Å²) in [7, 11) is 0. The summed E-state index contributed by atoms with van der Waals surface area (Å²) in [6.07, 6.45) is 1.70. The van der Waals surface area contributed by atoms with Crippen molar-refractivity contribution in [3.63, 3.8) is 0 Å². The zero-order chi connectivity index (χ0) is 22.9. The molecule has 0 aliphatic carbocycles. The lowest BCUT2D eigenvalue weighted by molar-refractivity contribution is -0.121. The average molecular weight is 426 g/mol. The van der Waals surface area contributed by atoms with Crippen LogP contribution in [0.1, 0.15) is 68.2 Å². The quantitative estimate of drug-likeness (QED) is 0.505. The first-order chi connectivity index (χ1) is 13.8. The van der Waals surface area contributed by atoms with Crippen LogP contribution in [0.25, 0.3) is 0 Å². The number of nitrogens with one attached hydrogen (secondary N) is 2. The van der Waals surface area contributed by atoms with Crippen LogP contribution in [0.4, 0.5) is 4.79 Å². The monoisotopic (exact) mass is 425 g/mol. The molecule has 0 saturated carbocycles. The standard InChI is InChI=1S/C22H43N5O3/c1-9-23-19(24-15-18(28)25-21(3,4)5)27-13-11-17(12-14-27)16-26(10-2)20(29)30-22(6,7)8/h17H,9-16H2,1-8H3,(H,23,24)(H,25,28). The lowest BCUT2D eigenvalue weighted by atomic mass is 9.96. The van der Waals surface area contributed by atoms with Gasteiger partial charge in [-0.1, -0.05) is 0 Å². The van der Waals surface area contributed by atoms with Gasteiger partial charge in [-0.25, -0.2) is 9.79 Å². The molecule has 0 atom stereocenters. The summed E-state index contributed by atoms with van der Waals surface area (Å²) >= 11 is 0. The topological polar surface area (TPSA) is 86.3 Å². The van der Waals surface area contributed by atoms with Crippen molar-refractivity contribution in [1.29, 1.82) is 0 Å². The van der Waals surface area contributed by atoms with Gasteiger partial charge >= 0.3 is 6.09 Å². The number of amides is 2. The lowest BCUT2D eigenvalue weighted by Crippen LogP contribution is -2.48. The van der Waals surface area contributed by atoms with E-state index in [1.165, 1.54) is 0 Å². The highest BCUT2D eigenvalue weighted by atomic mass is 16.6. The van der Waals surface area contributed by atoms with Crippen LogP contribution in [0.5, 0.6) is 0 Å². The van der Waals surface area contributed by atoms with Gasteiger partial charge in [-0.3, -0.25) is 4.79 Å². The summed E-state index contributed by atoms with van der Waals surface area (Å²) in [6.45, 7) is 19.5. The first kappa shape index (κ1) is 26.0. The molecule has 8 heteroatoms. The zero-order valence-corrected chi connectivity index (χ0v) is 20.3. The van der Waals surface area contributed by atoms with Crippen molar-refractivity contribution in [3.05, 3.63) is 0 Å². The fourth-order valence-corrected chi connectivity index (χ4v) is 3.33. The summed E-state index contributed by atoms with van der Waals surface area (Å²) in [4.78, 5) is 33.0. The minimum atomic E-state index is -0.482. The molecule has 0 aromatic heterocycles. The predicted molar refractivity (Wildman–Crippen MR) is 122 cm³/mol. The van der Waals surface area contributed by atoms with E-state index in [2.05, 4.69) is 20.5 Å². The van der Waals surface area contributed by atoms with Crippen LogP contribution < -0.4 is 10.6 Å². The molecule has 1 fully saturated rings. The number of carbonyl (C=O) groups excluding carboxylic acids is 2. The van der Waals surface area contributed by atoms with Crippen molar-refractivity contribution >= 4 is 18.0 Å². The predicted octanol–water partition coefficient (Wildman–Crippen LogP) is 2.84. The Morgan fingerprint density at radius 1 is 1.10 bits per heavy atom. The Hall–Kier alpha value is -1.99. The van der Waals surface area contributed by atoms with E-state index < -0.39 is 5.60 Å². The maximum absolute atomic E-state index is 12.4. The number of carbonyl (C=O) groups is 2. The molecule has 1 aliphatic rings. The van der Waals surface area contributed by atoms with Gasteiger partial charge < -0.3 is 25.2 Å². The van der Waals surface area contributed by atoms with Crippen LogP contribution in [-0.4, -0.2) is 78.2 Å². The minimum Gasteiger partial charge on any atom is -0.444 e. The molecule has 0 unspecified atom stereocenters. The van der Waals surface area contributed by atoms with Crippen LogP contribution in [0.2, 0.25) is 0 Å². The highest BCUT2D eigenvalue weighted by molar-refractivity contribution is 5.85. The maximum atomic E-state index is 12.4. The van der Waals surface area contributed by atoms with Gasteiger partial charge in [0.15, 0.2) is 5.96 Å². The van der Waals surface area contributed by atoms with E-state index in [0.717, 1.165) is 38.4 Å². The SMILES string of the molecule is CCNC(=NCC(=O)NC(C)(C)C)N1CCC(CN(CC)C(=O)OC(C)(C)C)CC1. The largest absolute Gasteiger partial charge is 0.444 e. The Kier molecular flexibility index (Phi) is 9.91. The molecule has 30 heavy (non-hydrogen) atoms. The van der Waals surface area contributed by atoms with Gasteiger partial charge in [0.05, 0.1) is 0 Å². The Morgan fingerprint density at radius 2 is 1.70 bits per heavy atom. The molecule has 174 valence electrons. The number of ether oxygens (including phenoxy) is 1. The van der Waals surface area contributed by atoms with Gasteiger partial charge in [0.2, 0.25) is 5.91 Å². The molecular weight excluding hydrogens is 382 g/mol. The summed E-state index contributed by atoms with van der Waals surface area (Å²) in [5, 5.41) is 6.23. The molecule has 0 spiro atoms. The van der Waals surface area contributed by atoms with Crippen molar-refractivity contribution < 1.29 is 14.3 Å². The molecule has 8 nitrogen and oxygen atoms in total. The number of likely N-dealkylation sites (tertiary alicyclic amines) is 1. The van der Waals surface area contributed by atoms with Gasteiger partial charge in [-0.15, -0.1) is 0 Å². The van der Waals surface area contributed by atoms with E-state index in [1.54, 1.807) is 4.90 Å².